The van der Waals surface area contributed by atoms with Crippen LogP contribution in [0.15, 0.2) is 35.3 Å². The molecule has 219 valence electrons. The first-order valence-corrected chi connectivity index (χ1v) is 12.8. The number of hydrogen-bond donors (Lipinski definition) is 3. The van der Waals surface area contributed by atoms with E-state index in [2.05, 4.69) is 17.2 Å². The second kappa shape index (κ2) is 35.4. The van der Waals surface area contributed by atoms with Gasteiger partial charge in [-0.15, -0.1) is 0 Å². The first-order chi connectivity index (χ1) is 18.0. The quantitative estimate of drug-likeness (QED) is 0.120. The van der Waals surface area contributed by atoms with Crippen molar-refractivity contribution >= 4 is 30.1 Å². The molecule has 10 heteroatoms. The summed E-state index contributed by atoms with van der Waals surface area (Å²) in [6, 6.07) is 7.54. The molecule has 1 radical (unpaired) electrons. The Morgan fingerprint density at radius 1 is 1.18 bits per heavy atom. The number of amides is 1. The van der Waals surface area contributed by atoms with Crippen molar-refractivity contribution in [3.63, 3.8) is 0 Å². The minimum absolute atomic E-state index is 0. The molecule has 40 heavy (non-hydrogen) atoms. The number of hydrogen-bond acceptors (Lipinski definition) is 6. The first kappa shape index (κ1) is 49.8. The van der Waals surface area contributed by atoms with E-state index in [1.54, 1.807) is 7.05 Å². The Morgan fingerprint density at radius 2 is 1.70 bits per heavy atom. The van der Waals surface area contributed by atoms with Gasteiger partial charge in [0.2, 0.25) is 0 Å². The molecule has 0 aliphatic carbocycles. The molecule has 8 nitrogen and oxygen atoms in total. The predicted molar refractivity (Wildman–Crippen MR) is 155 cm³/mol. The van der Waals surface area contributed by atoms with Gasteiger partial charge < -0.3 is 37.7 Å². The number of amidine groups is 1. The van der Waals surface area contributed by atoms with E-state index in [1.165, 1.54) is 25.7 Å². The molecule has 0 saturated carbocycles. The van der Waals surface area contributed by atoms with Crippen LogP contribution in [0.4, 0.5) is 0 Å². The smallest absolute Gasteiger partial charge is 0.542 e. The molecule has 1 amide bonds. The largest absolute Gasteiger partial charge is 1.00 e. The topological polar surface area (TPSA) is 139 Å². The van der Waals surface area contributed by atoms with Gasteiger partial charge in [0.15, 0.2) is 5.78 Å². The van der Waals surface area contributed by atoms with Crippen LogP contribution < -0.4 is 79.9 Å². The number of benzene rings is 1. The van der Waals surface area contributed by atoms with E-state index < -0.39 is 6.10 Å². The van der Waals surface area contributed by atoms with Crippen LogP contribution in [0.25, 0.3) is 0 Å². The summed E-state index contributed by atoms with van der Waals surface area (Å²) in [6.07, 6.45) is 7.58. The Bertz CT molecular complexity index is 820. The number of nitrogens with one attached hydrogen (secondary N) is 1. The minimum Gasteiger partial charge on any atom is -0.542 e. The van der Waals surface area contributed by atoms with Gasteiger partial charge in [-0.25, -0.2) is 6.08 Å². The maximum atomic E-state index is 11.7. The molecule has 0 fully saturated rings. The molecule has 0 bridgehead atoms. The van der Waals surface area contributed by atoms with E-state index in [0.29, 0.717) is 56.2 Å². The summed E-state index contributed by atoms with van der Waals surface area (Å²) in [5.41, 5.74) is 7.33. The van der Waals surface area contributed by atoms with Crippen molar-refractivity contribution in [3.8, 4) is 0 Å². The third kappa shape index (κ3) is 29.7. The molecule has 0 aliphatic heterocycles. The molecule has 0 aliphatic rings. The number of carbonyl (C=O) groups excluding carboxylic acids is 4. The standard InChI is InChI=1S/C14H19O2.C9H19NO.C5H6N2O.C2H3O.Cs.Y/c1-3-4-13(15)9-10-14(16)12-7-5-11(2)6-8-12;1-4-5-9(11)8(3)7(2)6-10;1-3-5(6-2)7-4-8;1-2-3;;/h5-8,13,15H,1,3-4,9-10H2,2H3;7-8H,4-6,10H2,1-3H3;1,3H,2H3,(H,6,7,8);1H3;;/q-1;;-2;-1;+1;. The second-order valence-corrected chi connectivity index (χ2v) is 8.55. The van der Waals surface area contributed by atoms with E-state index in [9.17, 15) is 19.5 Å². The van der Waals surface area contributed by atoms with Crippen molar-refractivity contribution in [2.24, 2.45) is 22.6 Å². The number of rotatable bonds is 13. The van der Waals surface area contributed by atoms with E-state index in [4.69, 9.17) is 17.1 Å². The fourth-order valence-corrected chi connectivity index (χ4v) is 2.78. The molecule has 0 aromatic heterocycles. The van der Waals surface area contributed by atoms with Gasteiger partial charge in [-0.3, -0.25) is 22.5 Å². The molecule has 4 N–H and O–H groups in total. The number of aliphatic imine (C=N–C) groups is 1. The van der Waals surface area contributed by atoms with Crippen LogP contribution in [0.1, 0.15) is 82.1 Å². The summed E-state index contributed by atoms with van der Waals surface area (Å²) in [6.45, 7) is 18.6. The summed E-state index contributed by atoms with van der Waals surface area (Å²) in [5, 5.41) is 12.1. The van der Waals surface area contributed by atoms with Gasteiger partial charge in [0.25, 0.3) is 0 Å². The Morgan fingerprint density at radius 3 is 2.05 bits per heavy atom. The van der Waals surface area contributed by atoms with Gasteiger partial charge in [0.1, 0.15) is 5.78 Å². The second-order valence-electron chi connectivity index (χ2n) is 8.55. The number of nitrogens with zero attached hydrogens (tertiary/aromatic N) is 1. The monoisotopic (exact) mass is 751 g/mol. The number of carbonyl (C=O) groups is 2. The fourth-order valence-electron chi connectivity index (χ4n) is 2.78. The zero-order valence-corrected chi connectivity index (χ0v) is 34.7. The van der Waals surface area contributed by atoms with E-state index in [0.717, 1.165) is 17.5 Å². The molecule has 3 unspecified atom stereocenters. The molecule has 1 aromatic rings. The zero-order valence-electron chi connectivity index (χ0n) is 25.5. The van der Waals surface area contributed by atoms with Crippen LogP contribution in [-0.2, 0) is 47.1 Å². The van der Waals surface area contributed by atoms with Crippen LogP contribution >= 0.6 is 0 Å². The van der Waals surface area contributed by atoms with Gasteiger partial charge in [-0.2, -0.15) is 13.3 Å². The van der Waals surface area contributed by atoms with E-state index in [1.807, 2.05) is 52.0 Å². The van der Waals surface area contributed by atoms with Crippen molar-refractivity contribution < 1.29 is 126 Å². The molecular formula is C30H47CsN3O5Y-3. The Balaban J connectivity index is -0.000000150. The van der Waals surface area contributed by atoms with Gasteiger partial charge in [0.05, 0.1) is 12.5 Å². The number of nitrogens with two attached hydrogens (primary N) is 1. The van der Waals surface area contributed by atoms with Gasteiger partial charge in [0, 0.05) is 57.0 Å². The van der Waals surface area contributed by atoms with Gasteiger partial charge in [-0.1, -0.05) is 57.0 Å². The number of likely N-dealkylation sites (N-methyl/N-ethyl adjacent to an activating group) is 1. The van der Waals surface area contributed by atoms with Crippen LogP contribution in [0.3, 0.4) is 0 Å². The summed E-state index contributed by atoms with van der Waals surface area (Å²) >= 11 is 0. The van der Waals surface area contributed by atoms with Crippen LogP contribution in [0, 0.1) is 32.3 Å². The third-order valence-corrected chi connectivity index (χ3v) is 5.43. The average Bonchev–Trinajstić information content (AvgIpc) is 2.91. The summed E-state index contributed by atoms with van der Waals surface area (Å²) in [5.74, 6) is 1.24. The summed E-state index contributed by atoms with van der Waals surface area (Å²) in [4.78, 5) is 44.4. The molecule has 0 heterocycles. The zero-order chi connectivity index (χ0) is 29.9. The van der Waals surface area contributed by atoms with Crippen molar-refractivity contribution in [3.05, 3.63) is 55.0 Å². The SMILES string of the molecule is CCCC(=O)C(C)C(C)CN.C[C-]=O.[CH-]=CC(=N[C-]=O)NC.[CH2-]CCC(O)CCC(=O)c1ccc(C)cc1.[Cs+].[Y]. The number of aryl methyl sites for hydroxylation is 1. The van der Waals surface area contributed by atoms with Crippen molar-refractivity contribution in [2.45, 2.75) is 79.2 Å². The minimum atomic E-state index is -0.396. The first-order valence-electron chi connectivity index (χ1n) is 12.8. The van der Waals surface area contributed by atoms with Gasteiger partial charge in [-0.05, 0) is 45.1 Å². The third-order valence-electron chi connectivity index (χ3n) is 5.43. The number of ketones is 2. The average molecular weight is 752 g/mol. The normalized spacial score (nSPS) is 11.8. The summed E-state index contributed by atoms with van der Waals surface area (Å²) < 4.78 is 0. The number of aliphatic hydroxyl groups excluding tert-OH is 1. The fraction of sp³-hybridized carbons (Fsp3) is 0.533. The van der Waals surface area contributed by atoms with Crippen molar-refractivity contribution in [1.29, 1.82) is 0 Å². The summed E-state index contributed by atoms with van der Waals surface area (Å²) in [7, 11) is 1.61. The molecule has 3 atom stereocenters. The van der Waals surface area contributed by atoms with Crippen LogP contribution in [0.5, 0.6) is 0 Å². The maximum absolute atomic E-state index is 11.7. The number of Topliss-reactive ketones (excluding diaryl/α,β-unsaturated/α-hetero) is 2. The van der Waals surface area contributed by atoms with Crippen molar-refractivity contribution in [2.75, 3.05) is 13.6 Å². The molecular weight excluding hydrogens is 704 g/mol. The Hall–Kier alpha value is 0.186. The molecule has 0 spiro atoms. The molecule has 0 saturated heterocycles. The Labute approximate surface area is 326 Å². The van der Waals surface area contributed by atoms with E-state index >= 15 is 0 Å². The van der Waals surface area contributed by atoms with Crippen molar-refractivity contribution in [1.82, 2.24) is 5.32 Å². The van der Waals surface area contributed by atoms with E-state index in [-0.39, 0.29) is 113 Å². The maximum Gasteiger partial charge on any atom is 1.00 e. The predicted octanol–water partition coefficient (Wildman–Crippen LogP) is 1.30. The van der Waals surface area contributed by atoms with Crippen LogP contribution in [0.2, 0.25) is 0 Å². The number of aliphatic hydroxyl groups is 1. The Kier molecular flexibility index (Phi) is 44.1. The van der Waals surface area contributed by atoms with Gasteiger partial charge >= 0.3 is 68.9 Å². The van der Waals surface area contributed by atoms with Crippen LogP contribution in [-0.4, -0.2) is 54.9 Å². The molecule has 1 aromatic carbocycles. The molecule has 1 rings (SSSR count).